The fourth-order valence-corrected chi connectivity index (χ4v) is 3.79. The lowest BCUT2D eigenvalue weighted by Gasteiger charge is -2.20. The van der Waals surface area contributed by atoms with E-state index in [2.05, 4.69) is 24.1 Å². The maximum absolute atomic E-state index is 13.4. The minimum absolute atomic E-state index is 0.141. The van der Waals surface area contributed by atoms with Crippen LogP contribution in [0.3, 0.4) is 0 Å². The summed E-state index contributed by atoms with van der Waals surface area (Å²) < 4.78 is 1.76. The van der Waals surface area contributed by atoms with E-state index in [-0.39, 0.29) is 17.9 Å². The summed E-state index contributed by atoms with van der Waals surface area (Å²) in [7, 11) is 0. The Kier molecular flexibility index (Phi) is 4.62. The number of hydrogen-bond acceptors (Lipinski definition) is 3. The van der Waals surface area contributed by atoms with Crippen molar-refractivity contribution in [2.45, 2.75) is 38.6 Å². The van der Waals surface area contributed by atoms with Gasteiger partial charge in [0, 0.05) is 5.92 Å². The van der Waals surface area contributed by atoms with Gasteiger partial charge in [-0.1, -0.05) is 44.2 Å². The summed E-state index contributed by atoms with van der Waals surface area (Å²) in [4.78, 5) is 21.5. The van der Waals surface area contributed by atoms with Crippen LogP contribution >= 0.6 is 0 Å². The highest BCUT2D eigenvalue weighted by atomic mass is 16.2. The van der Waals surface area contributed by atoms with E-state index in [1.54, 1.807) is 4.68 Å². The van der Waals surface area contributed by atoms with Gasteiger partial charge in [0.25, 0.3) is 5.91 Å². The lowest BCUT2D eigenvalue weighted by atomic mass is 10.0. The van der Waals surface area contributed by atoms with Gasteiger partial charge in [-0.25, -0.2) is 9.67 Å². The van der Waals surface area contributed by atoms with Crippen LogP contribution in [0.1, 0.15) is 60.7 Å². The van der Waals surface area contributed by atoms with Gasteiger partial charge in [-0.3, -0.25) is 4.79 Å². The Morgan fingerprint density at radius 1 is 1.10 bits per heavy atom. The monoisotopic (exact) mass is 399 g/mol. The van der Waals surface area contributed by atoms with Crippen LogP contribution in [0.15, 0.2) is 60.7 Å². The maximum atomic E-state index is 13.4. The molecular formula is C24H25N5O. The van der Waals surface area contributed by atoms with E-state index in [0.717, 1.165) is 41.1 Å². The highest BCUT2D eigenvalue weighted by Gasteiger charge is 2.30. The normalized spacial score (nSPS) is 14.9. The molecule has 1 unspecified atom stereocenters. The lowest BCUT2D eigenvalue weighted by Crippen LogP contribution is -2.33. The van der Waals surface area contributed by atoms with E-state index < -0.39 is 0 Å². The van der Waals surface area contributed by atoms with E-state index in [1.807, 2.05) is 60.7 Å². The van der Waals surface area contributed by atoms with Crippen molar-refractivity contribution >= 4 is 16.9 Å². The molecule has 6 heteroatoms. The number of aromatic nitrogens is 4. The van der Waals surface area contributed by atoms with Gasteiger partial charge in [-0.2, -0.15) is 5.10 Å². The molecule has 0 spiro atoms. The topological polar surface area (TPSA) is 75.6 Å². The lowest BCUT2D eigenvalue weighted by molar-refractivity contribution is 0.0915. The second-order valence-electron chi connectivity index (χ2n) is 8.31. The first-order valence-corrected chi connectivity index (χ1v) is 10.5. The number of imidazole rings is 1. The van der Waals surface area contributed by atoms with Gasteiger partial charge in [0.15, 0.2) is 0 Å². The number of aromatic amines is 1. The van der Waals surface area contributed by atoms with Gasteiger partial charge in [-0.05, 0) is 49.1 Å². The van der Waals surface area contributed by atoms with E-state index in [4.69, 9.17) is 10.1 Å². The molecule has 2 aromatic heterocycles. The molecule has 0 saturated heterocycles. The summed E-state index contributed by atoms with van der Waals surface area (Å²) in [6.07, 6.45) is 2.28. The molecule has 0 bridgehead atoms. The van der Waals surface area contributed by atoms with Crippen LogP contribution in [0, 0.1) is 5.92 Å². The summed E-state index contributed by atoms with van der Waals surface area (Å²) in [5, 5.41) is 7.95. The largest absolute Gasteiger partial charge is 0.340 e. The summed E-state index contributed by atoms with van der Waals surface area (Å²) in [6.45, 7) is 4.17. The smallest absolute Gasteiger partial charge is 0.270 e. The van der Waals surface area contributed by atoms with E-state index >= 15 is 0 Å². The Hall–Kier alpha value is -3.41. The molecule has 1 aliphatic carbocycles. The van der Waals surface area contributed by atoms with Crippen molar-refractivity contribution in [3.8, 4) is 5.69 Å². The molecule has 6 nitrogen and oxygen atoms in total. The zero-order chi connectivity index (χ0) is 20.7. The SMILES string of the molecule is CC(C)C(NC(=O)c1cc(C2CC2)nn1-c1ccccc1)c1nc2ccccc2[nH]1. The summed E-state index contributed by atoms with van der Waals surface area (Å²) in [5.41, 5.74) is 4.31. The van der Waals surface area contributed by atoms with E-state index in [0.29, 0.717) is 11.6 Å². The van der Waals surface area contributed by atoms with Gasteiger partial charge in [-0.15, -0.1) is 0 Å². The number of hydrogen-bond donors (Lipinski definition) is 2. The molecule has 1 fully saturated rings. The van der Waals surface area contributed by atoms with E-state index in [1.165, 1.54) is 0 Å². The molecule has 4 aromatic rings. The first-order chi connectivity index (χ1) is 14.6. The molecule has 0 radical (unpaired) electrons. The van der Waals surface area contributed by atoms with Gasteiger partial charge in [0.05, 0.1) is 28.5 Å². The third-order valence-electron chi connectivity index (χ3n) is 5.61. The first-order valence-electron chi connectivity index (χ1n) is 10.5. The fraction of sp³-hybridized carbons (Fsp3) is 0.292. The second-order valence-corrected chi connectivity index (χ2v) is 8.31. The predicted molar refractivity (Wildman–Crippen MR) is 117 cm³/mol. The minimum atomic E-state index is -0.228. The standard InChI is InChI=1S/C24H25N5O/c1-15(2)22(23-25-18-10-6-7-11-19(18)26-23)27-24(30)21-14-20(16-12-13-16)28-29(21)17-8-4-3-5-9-17/h3-11,14-16,22H,12-13H2,1-2H3,(H,25,26)(H,27,30). The van der Waals surface area contributed by atoms with Gasteiger partial charge < -0.3 is 10.3 Å². The van der Waals surface area contributed by atoms with Crippen molar-refractivity contribution in [3.63, 3.8) is 0 Å². The Morgan fingerprint density at radius 3 is 2.53 bits per heavy atom. The van der Waals surface area contributed by atoms with Gasteiger partial charge >= 0.3 is 0 Å². The van der Waals surface area contributed by atoms with Crippen molar-refractivity contribution in [1.82, 2.24) is 25.1 Å². The van der Waals surface area contributed by atoms with Gasteiger partial charge in [0.1, 0.15) is 11.5 Å². The average Bonchev–Trinajstić information content (AvgIpc) is 3.36. The molecule has 0 aliphatic heterocycles. The van der Waals surface area contributed by atoms with Crippen LogP contribution in [0.4, 0.5) is 0 Å². The molecule has 2 aromatic carbocycles. The molecule has 5 rings (SSSR count). The maximum Gasteiger partial charge on any atom is 0.270 e. The molecule has 1 saturated carbocycles. The van der Waals surface area contributed by atoms with Crippen molar-refractivity contribution < 1.29 is 4.79 Å². The molecule has 30 heavy (non-hydrogen) atoms. The predicted octanol–water partition coefficient (Wildman–Crippen LogP) is 4.75. The molecule has 1 amide bonds. The summed E-state index contributed by atoms with van der Waals surface area (Å²) >= 11 is 0. The Bertz CT molecular complexity index is 1150. The molecule has 1 atom stereocenters. The Labute approximate surface area is 175 Å². The van der Waals surface area contributed by atoms with Crippen molar-refractivity contribution in [2.24, 2.45) is 5.92 Å². The third kappa shape index (κ3) is 3.49. The van der Waals surface area contributed by atoms with E-state index in [9.17, 15) is 4.79 Å². The molecule has 2 heterocycles. The number of nitrogens with one attached hydrogen (secondary N) is 2. The van der Waals surface area contributed by atoms with Crippen LogP contribution in [0.2, 0.25) is 0 Å². The number of amides is 1. The average molecular weight is 399 g/mol. The summed E-state index contributed by atoms with van der Waals surface area (Å²) in [5.74, 6) is 1.27. The number of para-hydroxylation sites is 3. The van der Waals surface area contributed by atoms with Crippen LogP contribution in [0.25, 0.3) is 16.7 Å². The molecule has 1 aliphatic rings. The zero-order valence-electron chi connectivity index (χ0n) is 17.2. The molecule has 2 N–H and O–H groups in total. The number of carbonyl (C=O) groups excluding carboxylic acids is 1. The van der Waals surface area contributed by atoms with Crippen molar-refractivity contribution in [2.75, 3.05) is 0 Å². The number of carbonyl (C=O) groups is 1. The molecule has 152 valence electrons. The number of H-pyrrole nitrogens is 1. The quantitative estimate of drug-likeness (QED) is 0.491. The number of nitrogens with zero attached hydrogens (tertiary/aromatic N) is 3. The zero-order valence-corrected chi connectivity index (χ0v) is 17.2. The third-order valence-corrected chi connectivity index (χ3v) is 5.61. The minimum Gasteiger partial charge on any atom is -0.340 e. The van der Waals surface area contributed by atoms with Crippen molar-refractivity contribution in [3.05, 3.63) is 77.9 Å². The first kappa shape index (κ1) is 18.6. The highest BCUT2D eigenvalue weighted by molar-refractivity contribution is 5.93. The van der Waals surface area contributed by atoms with Crippen LogP contribution in [-0.2, 0) is 0 Å². The summed E-state index contributed by atoms with van der Waals surface area (Å²) in [6, 6.07) is 19.5. The van der Waals surface area contributed by atoms with Crippen molar-refractivity contribution in [1.29, 1.82) is 0 Å². The fourth-order valence-electron chi connectivity index (χ4n) is 3.79. The van der Waals surface area contributed by atoms with Crippen LogP contribution in [0.5, 0.6) is 0 Å². The Balaban J connectivity index is 1.48. The highest BCUT2D eigenvalue weighted by Crippen LogP contribution is 2.39. The molecular weight excluding hydrogens is 374 g/mol. The van der Waals surface area contributed by atoms with Gasteiger partial charge in [0.2, 0.25) is 0 Å². The number of rotatable bonds is 6. The number of benzene rings is 2. The number of fused-ring (bicyclic) bond motifs is 1. The van der Waals surface area contributed by atoms with Crippen LogP contribution in [-0.4, -0.2) is 25.7 Å². The Morgan fingerprint density at radius 2 is 1.83 bits per heavy atom. The second kappa shape index (κ2) is 7.44. The van der Waals surface area contributed by atoms with Crippen LogP contribution < -0.4 is 5.32 Å².